The highest BCUT2D eigenvalue weighted by Gasteiger charge is 2.27. The minimum atomic E-state index is -4.61. The Balaban J connectivity index is 4.44. The number of hydrogen-bond donors (Lipinski definition) is 3. The predicted octanol–water partition coefficient (Wildman–Crippen LogP) is -0.583. The summed E-state index contributed by atoms with van der Waals surface area (Å²) in [4.78, 5) is 41.8. The maximum atomic E-state index is 11.5. The van der Waals surface area contributed by atoms with Crippen LogP contribution in [0.3, 0.4) is 0 Å². The molecule has 0 aromatic heterocycles. The van der Waals surface area contributed by atoms with Crippen LogP contribution in [0.4, 0.5) is 0 Å². The number of carbonyl (C=O) groups is 3. The van der Waals surface area contributed by atoms with E-state index in [4.69, 9.17) is 20.3 Å². The normalized spacial score (nSPS) is 16.0. The van der Waals surface area contributed by atoms with Gasteiger partial charge in [0.2, 0.25) is 0 Å². The first-order valence-corrected chi connectivity index (χ1v) is 8.00. The van der Waals surface area contributed by atoms with Crippen molar-refractivity contribution in [2.24, 2.45) is 5.73 Å². The Labute approximate surface area is 132 Å². The van der Waals surface area contributed by atoms with E-state index >= 15 is 0 Å². The Kier molecular flexibility index (Phi) is 9.61. The molecule has 0 aliphatic heterocycles. The molecule has 0 radical (unpaired) electrons. The fourth-order valence-electron chi connectivity index (χ4n) is 1.10. The zero-order chi connectivity index (χ0) is 18.0. The number of rotatable bonds is 11. The van der Waals surface area contributed by atoms with Crippen LogP contribution < -0.4 is 5.73 Å². The number of aliphatic carboxylic acids is 1. The lowest BCUT2D eigenvalue weighted by atomic mass is 10.3. The summed E-state index contributed by atoms with van der Waals surface area (Å²) >= 11 is 0. The molecule has 0 aromatic rings. The number of carboxylic acids is 1. The first-order chi connectivity index (χ1) is 10.6. The van der Waals surface area contributed by atoms with Crippen LogP contribution in [-0.4, -0.2) is 59.9 Å². The van der Waals surface area contributed by atoms with Crippen molar-refractivity contribution in [2.75, 3.05) is 19.8 Å². The lowest BCUT2D eigenvalue weighted by Gasteiger charge is -2.19. The third kappa shape index (κ3) is 10.8. The highest BCUT2D eigenvalue weighted by molar-refractivity contribution is 7.47. The third-order valence-electron chi connectivity index (χ3n) is 2.21. The molecule has 134 valence electrons. The van der Waals surface area contributed by atoms with Gasteiger partial charge in [0.05, 0.1) is 13.2 Å². The Bertz CT molecular complexity index is 468. The first kappa shape index (κ1) is 21.5. The van der Waals surface area contributed by atoms with Crippen molar-refractivity contribution in [3.63, 3.8) is 0 Å². The van der Waals surface area contributed by atoms with Gasteiger partial charge < -0.3 is 25.2 Å². The molecule has 12 heteroatoms. The molecule has 11 nitrogen and oxygen atoms in total. The van der Waals surface area contributed by atoms with Crippen LogP contribution in [0.5, 0.6) is 0 Å². The average molecular weight is 357 g/mol. The minimum Gasteiger partial charge on any atom is -0.480 e. The van der Waals surface area contributed by atoms with E-state index < -0.39 is 51.1 Å². The molecule has 0 rings (SSSR count). The number of carboxylic acid groups (broad SMARTS) is 1. The molecule has 23 heavy (non-hydrogen) atoms. The van der Waals surface area contributed by atoms with Gasteiger partial charge in [-0.2, -0.15) is 0 Å². The largest absolute Gasteiger partial charge is 0.480 e. The van der Waals surface area contributed by atoms with E-state index in [1.165, 1.54) is 0 Å². The fourth-order valence-corrected chi connectivity index (χ4v) is 1.88. The molecule has 0 bridgehead atoms. The number of phosphoric ester groups is 1. The SMILES string of the molecule is CCC(=O)OCC(COP(=O)(O)OCC(N)C(=O)O)OC(C)=O. The van der Waals surface area contributed by atoms with Gasteiger partial charge in [-0.1, -0.05) is 6.92 Å². The molecule has 0 aliphatic rings. The second-order valence-corrected chi connectivity index (χ2v) is 5.73. The number of hydrogen-bond acceptors (Lipinski definition) is 9. The van der Waals surface area contributed by atoms with Crippen molar-refractivity contribution in [3.05, 3.63) is 0 Å². The van der Waals surface area contributed by atoms with Gasteiger partial charge in [0.15, 0.2) is 6.10 Å². The lowest BCUT2D eigenvalue weighted by molar-refractivity contribution is -0.159. The highest BCUT2D eigenvalue weighted by Crippen LogP contribution is 2.43. The molecule has 0 heterocycles. The van der Waals surface area contributed by atoms with E-state index in [0.29, 0.717) is 0 Å². The number of carbonyl (C=O) groups excluding carboxylic acids is 2. The second kappa shape index (κ2) is 10.3. The van der Waals surface area contributed by atoms with E-state index in [2.05, 4.69) is 9.05 Å². The number of esters is 2. The zero-order valence-electron chi connectivity index (χ0n) is 12.7. The van der Waals surface area contributed by atoms with Gasteiger partial charge in [0.1, 0.15) is 12.6 Å². The van der Waals surface area contributed by atoms with Crippen LogP contribution in [0, 0.1) is 0 Å². The van der Waals surface area contributed by atoms with Gasteiger partial charge >= 0.3 is 25.7 Å². The lowest BCUT2D eigenvalue weighted by Crippen LogP contribution is -2.34. The summed E-state index contributed by atoms with van der Waals surface area (Å²) in [6, 6.07) is -1.51. The van der Waals surface area contributed by atoms with Crippen molar-refractivity contribution in [1.29, 1.82) is 0 Å². The Hall–Kier alpha value is -1.52. The smallest absolute Gasteiger partial charge is 0.472 e. The third-order valence-corrected chi connectivity index (χ3v) is 3.16. The van der Waals surface area contributed by atoms with Crippen molar-refractivity contribution in [3.8, 4) is 0 Å². The minimum absolute atomic E-state index is 0.0995. The van der Waals surface area contributed by atoms with Crippen LogP contribution in [0.1, 0.15) is 20.3 Å². The number of phosphoric acid groups is 1. The van der Waals surface area contributed by atoms with Crippen LogP contribution in [-0.2, 0) is 37.5 Å². The molecule has 0 amide bonds. The Morgan fingerprint density at radius 1 is 1.17 bits per heavy atom. The van der Waals surface area contributed by atoms with Crippen molar-refractivity contribution in [1.82, 2.24) is 0 Å². The molecule has 3 atom stereocenters. The molecule has 0 aromatic carbocycles. The maximum absolute atomic E-state index is 11.5. The van der Waals surface area contributed by atoms with E-state index in [-0.39, 0.29) is 13.0 Å². The van der Waals surface area contributed by atoms with E-state index in [0.717, 1.165) is 6.92 Å². The molecule has 0 saturated carbocycles. The topological polar surface area (TPSA) is 172 Å². The van der Waals surface area contributed by atoms with Gasteiger partial charge in [0, 0.05) is 13.3 Å². The molecule has 0 spiro atoms. The molecule has 0 saturated heterocycles. The average Bonchev–Trinajstić information content (AvgIpc) is 2.46. The summed E-state index contributed by atoms with van der Waals surface area (Å²) < 4.78 is 30.0. The first-order valence-electron chi connectivity index (χ1n) is 6.50. The van der Waals surface area contributed by atoms with Crippen LogP contribution in [0.15, 0.2) is 0 Å². The molecule has 0 fully saturated rings. The van der Waals surface area contributed by atoms with Crippen LogP contribution in [0.25, 0.3) is 0 Å². The van der Waals surface area contributed by atoms with Crippen molar-refractivity contribution in [2.45, 2.75) is 32.4 Å². The maximum Gasteiger partial charge on any atom is 0.472 e. The van der Waals surface area contributed by atoms with Gasteiger partial charge in [-0.15, -0.1) is 0 Å². The fraction of sp³-hybridized carbons (Fsp3) is 0.727. The summed E-state index contributed by atoms with van der Waals surface area (Å²) in [5.41, 5.74) is 5.10. The summed E-state index contributed by atoms with van der Waals surface area (Å²) in [6.07, 6.45) is -1.03. The highest BCUT2D eigenvalue weighted by atomic mass is 31.2. The van der Waals surface area contributed by atoms with E-state index in [9.17, 15) is 23.8 Å². The van der Waals surface area contributed by atoms with Crippen LogP contribution >= 0.6 is 7.82 Å². The van der Waals surface area contributed by atoms with Gasteiger partial charge in [0.25, 0.3) is 0 Å². The molecular formula is C11H20NO10P. The standard InChI is InChI=1S/C11H20NO10P/c1-3-10(14)19-4-8(22-7(2)13)5-20-23(17,18)21-6-9(12)11(15)16/h8-9H,3-6,12H2,1-2H3,(H,15,16)(H,17,18). The summed E-state index contributed by atoms with van der Waals surface area (Å²) in [5.74, 6) is -2.69. The Morgan fingerprint density at radius 3 is 2.22 bits per heavy atom. The quantitative estimate of drug-likeness (QED) is 0.319. The second-order valence-electron chi connectivity index (χ2n) is 4.27. The van der Waals surface area contributed by atoms with Gasteiger partial charge in [-0.05, 0) is 0 Å². The van der Waals surface area contributed by atoms with Crippen LogP contribution in [0.2, 0.25) is 0 Å². The molecule has 0 aliphatic carbocycles. The van der Waals surface area contributed by atoms with Crippen molar-refractivity contribution < 1.29 is 47.5 Å². The zero-order valence-corrected chi connectivity index (χ0v) is 13.6. The van der Waals surface area contributed by atoms with Gasteiger partial charge in [-0.25, -0.2) is 4.57 Å². The predicted molar refractivity (Wildman–Crippen MR) is 74.1 cm³/mol. The molecule has 4 N–H and O–H groups in total. The molecular weight excluding hydrogens is 337 g/mol. The Morgan fingerprint density at radius 2 is 1.74 bits per heavy atom. The summed E-state index contributed by atoms with van der Waals surface area (Å²) in [6.45, 7) is 0.913. The van der Waals surface area contributed by atoms with E-state index in [1.54, 1.807) is 6.92 Å². The summed E-state index contributed by atoms with van der Waals surface area (Å²) in [7, 11) is -4.61. The number of ether oxygens (including phenoxy) is 2. The number of nitrogens with two attached hydrogens (primary N) is 1. The van der Waals surface area contributed by atoms with Crippen molar-refractivity contribution >= 4 is 25.7 Å². The monoisotopic (exact) mass is 357 g/mol. The van der Waals surface area contributed by atoms with Gasteiger partial charge in [-0.3, -0.25) is 23.4 Å². The van der Waals surface area contributed by atoms with E-state index in [1.807, 2.05) is 0 Å². The molecule has 3 unspecified atom stereocenters. The summed E-state index contributed by atoms with van der Waals surface area (Å²) in [5, 5.41) is 8.52.